The van der Waals surface area contributed by atoms with E-state index in [0.29, 0.717) is 0 Å². The fourth-order valence-electron chi connectivity index (χ4n) is 1.71. The molecule has 1 rings (SSSR count). The van der Waals surface area contributed by atoms with Crippen molar-refractivity contribution in [2.24, 2.45) is 0 Å². The Morgan fingerprint density at radius 3 is 2.06 bits per heavy atom. The van der Waals surface area contributed by atoms with Gasteiger partial charge < -0.3 is 15.2 Å². The number of nitrogens with one attached hydrogen (secondary N) is 1. The number of rotatable bonds is 5. The maximum atomic E-state index is 9.59. The Balaban J connectivity index is 2.77. The minimum Gasteiger partial charge on any atom is -0.491 e. The van der Waals surface area contributed by atoms with Gasteiger partial charge in [0.1, 0.15) is 5.75 Å². The second-order valence-corrected chi connectivity index (χ2v) is 4.24. The average Bonchev–Trinajstić information content (AvgIpc) is 2.20. The average molecular weight is 223 g/mol. The van der Waals surface area contributed by atoms with Crippen LogP contribution in [0.15, 0.2) is 24.3 Å². The molecule has 0 saturated carbocycles. The van der Waals surface area contributed by atoms with E-state index in [0.717, 1.165) is 11.3 Å². The predicted molar refractivity (Wildman–Crippen MR) is 65.7 cm³/mol. The van der Waals surface area contributed by atoms with Gasteiger partial charge in [0.05, 0.1) is 18.2 Å². The largest absolute Gasteiger partial charge is 0.491 e. The van der Waals surface area contributed by atoms with Crippen LogP contribution in [0.25, 0.3) is 0 Å². The molecular formula is C13H21NO2. The third kappa shape index (κ3) is 3.51. The molecule has 90 valence electrons. The molecular weight excluding hydrogens is 202 g/mol. The van der Waals surface area contributed by atoms with Gasteiger partial charge >= 0.3 is 0 Å². The molecule has 2 unspecified atom stereocenters. The number of aliphatic hydroxyl groups excluding tert-OH is 1. The van der Waals surface area contributed by atoms with E-state index in [-0.39, 0.29) is 12.1 Å². The summed E-state index contributed by atoms with van der Waals surface area (Å²) >= 11 is 0. The Bertz CT molecular complexity index is 306. The van der Waals surface area contributed by atoms with Crippen LogP contribution < -0.4 is 10.1 Å². The zero-order chi connectivity index (χ0) is 12.1. The third-order valence-corrected chi connectivity index (χ3v) is 2.40. The van der Waals surface area contributed by atoms with E-state index in [9.17, 15) is 5.11 Å². The minimum atomic E-state index is -0.415. The lowest BCUT2D eigenvalue weighted by Gasteiger charge is -2.20. The molecule has 0 amide bonds. The number of likely N-dealkylation sites (N-methyl/N-ethyl adjacent to an activating group) is 1. The number of aliphatic hydroxyl groups is 1. The number of hydrogen-bond donors (Lipinski definition) is 2. The van der Waals surface area contributed by atoms with Gasteiger partial charge in [-0.15, -0.1) is 0 Å². The lowest BCUT2D eigenvalue weighted by atomic mass is 10.0. The highest BCUT2D eigenvalue weighted by Gasteiger charge is 2.14. The highest BCUT2D eigenvalue weighted by molar-refractivity contribution is 5.29. The first kappa shape index (κ1) is 13.0. The third-order valence-electron chi connectivity index (χ3n) is 2.40. The maximum absolute atomic E-state index is 9.59. The molecule has 0 heterocycles. The monoisotopic (exact) mass is 223 g/mol. The fraction of sp³-hybridized carbons (Fsp3) is 0.538. The molecule has 2 atom stereocenters. The van der Waals surface area contributed by atoms with Crippen LogP contribution in [0.3, 0.4) is 0 Å². The molecule has 3 nitrogen and oxygen atoms in total. The van der Waals surface area contributed by atoms with Gasteiger partial charge in [0, 0.05) is 0 Å². The SMILES string of the molecule is CNC(c1ccc(OC(C)C)cc1)C(C)O. The maximum Gasteiger partial charge on any atom is 0.119 e. The van der Waals surface area contributed by atoms with Gasteiger partial charge in [-0.3, -0.25) is 0 Å². The topological polar surface area (TPSA) is 41.5 Å². The van der Waals surface area contributed by atoms with Crippen molar-refractivity contribution in [2.75, 3.05) is 7.05 Å². The van der Waals surface area contributed by atoms with Crippen molar-refractivity contribution >= 4 is 0 Å². The standard InChI is InChI=1S/C13H21NO2/c1-9(2)16-12-7-5-11(6-8-12)13(14-4)10(3)15/h5-10,13-15H,1-4H3. The minimum absolute atomic E-state index is 0.0342. The van der Waals surface area contributed by atoms with E-state index in [4.69, 9.17) is 4.74 Å². The molecule has 0 saturated heterocycles. The molecule has 0 aliphatic rings. The molecule has 0 fully saturated rings. The lowest BCUT2D eigenvalue weighted by Crippen LogP contribution is -2.26. The first-order chi connectivity index (χ1) is 7.54. The van der Waals surface area contributed by atoms with Gasteiger partial charge in [0.25, 0.3) is 0 Å². The van der Waals surface area contributed by atoms with Crippen LogP contribution in [0.1, 0.15) is 32.4 Å². The first-order valence-corrected chi connectivity index (χ1v) is 5.66. The van der Waals surface area contributed by atoms with Gasteiger partial charge in [0.2, 0.25) is 0 Å². The van der Waals surface area contributed by atoms with Crippen molar-refractivity contribution in [2.45, 2.75) is 39.0 Å². The van der Waals surface area contributed by atoms with E-state index in [1.807, 2.05) is 45.2 Å². The number of hydrogen-bond acceptors (Lipinski definition) is 3. The summed E-state index contributed by atoms with van der Waals surface area (Å²) in [5.41, 5.74) is 1.06. The quantitative estimate of drug-likeness (QED) is 0.803. The Labute approximate surface area is 97.4 Å². The molecule has 1 aromatic rings. The van der Waals surface area contributed by atoms with Crippen molar-refractivity contribution in [3.8, 4) is 5.75 Å². The Hall–Kier alpha value is -1.06. The Kier molecular flexibility index (Phi) is 4.77. The van der Waals surface area contributed by atoms with Gasteiger partial charge in [-0.2, -0.15) is 0 Å². The predicted octanol–water partition coefficient (Wildman–Crippen LogP) is 2.12. The lowest BCUT2D eigenvalue weighted by molar-refractivity contribution is 0.150. The van der Waals surface area contributed by atoms with E-state index in [2.05, 4.69) is 5.32 Å². The van der Waals surface area contributed by atoms with Gasteiger partial charge in [0.15, 0.2) is 0 Å². The molecule has 2 N–H and O–H groups in total. The van der Waals surface area contributed by atoms with Crippen molar-refractivity contribution in [3.63, 3.8) is 0 Å². The molecule has 0 aromatic heterocycles. The van der Waals surface area contributed by atoms with Crippen LogP contribution in [0.2, 0.25) is 0 Å². The summed E-state index contributed by atoms with van der Waals surface area (Å²) in [6, 6.07) is 7.79. The molecule has 0 aliphatic carbocycles. The highest BCUT2D eigenvalue weighted by atomic mass is 16.5. The van der Waals surface area contributed by atoms with Crippen LogP contribution in [0.5, 0.6) is 5.75 Å². The van der Waals surface area contributed by atoms with Crippen molar-refractivity contribution in [1.29, 1.82) is 0 Å². The summed E-state index contributed by atoms with van der Waals surface area (Å²) in [5.74, 6) is 0.860. The molecule has 0 spiro atoms. The fourth-order valence-corrected chi connectivity index (χ4v) is 1.71. The second kappa shape index (κ2) is 5.87. The number of benzene rings is 1. The summed E-state index contributed by atoms with van der Waals surface area (Å²) < 4.78 is 5.56. The highest BCUT2D eigenvalue weighted by Crippen LogP contribution is 2.20. The van der Waals surface area contributed by atoms with Crippen LogP contribution in [-0.4, -0.2) is 24.4 Å². The Morgan fingerprint density at radius 2 is 1.69 bits per heavy atom. The molecule has 0 radical (unpaired) electrons. The first-order valence-electron chi connectivity index (χ1n) is 5.66. The Morgan fingerprint density at radius 1 is 1.12 bits per heavy atom. The van der Waals surface area contributed by atoms with Crippen LogP contribution in [-0.2, 0) is 0 Å². The van der Waals surface area contributed by atoms with Crippen molar-refractivity contribution < 1.29 is 9.84 Å². The van der Waals surface area contributed by atoms with Crippen LogP contribution in [0, 0.1) is 0 Å². The molecule has 0 bridgehead atoms. The number of ether oxygens (including phenoxy) is 1. The van der Waals surface area contributed by atoms with E-state index in [1.165, 1.54) is 0 Å². The van der Waals surface area contributed by atoms with Gasteiger partial charge in [-0.1, -0.05) is 12.1 Å². The summed E-state index contributed by atoms with van der Waals surface area (Å²) in [4.78, 5) is 0. The van der Waals surface area contributed by atoms with E-state index >= 15 is 0 Å². The summed E-state index contributed by atoms with van der Waals surface area (Å²) in [6.07, 6.45) is -0.232. The van der Waals surface area contributed by atoms with E-state index in [1.54, 1.807) is 6.92 Å². The van der Waals surface area contributed by atoms with E-state index < -0.39 is 6.10 Å². The molecule has 0 aliphatic heterocycles. The van der Waals surface area contributed by atoms with Crippen molar-refractivity contribution in [3.05, 3.63) is 29.8 Å². The van der Waals surface area contributed by atoms with Crippen molar-refractivity contribution in [1.82, 2.24) is 5.32 Å². The summed E-state index contributed by atoms with van der Waals surface area (Å²) in [6.45, 7) is 5.78. The smallest absolute Gasteiger partial charge is 0.119 e. The normalized spacial score (nSPS) is 14.9. The summed E-state index contributed by atoms with van der Waals surface area (Å²) in [5, 5.41) is 12.7. The zero-order valence-electron chi connectivity index (χ0n) is 10.4. The zero-order valence-corrected chi connectivity index (χ0v) is 10.4. The van der Waals surface area contributed by atoms with Crippen LogP contribution in [0.4, 0.5) is 0 Å². The second-order valence-electron chi connectivity index (χ2n) is 4.24. The molecule has 1 aromatic carbocycles. The van der Waals surface area contributed by atoms with Crippen LogP contribution >= 0.6 is 0 Å². The van der Waals surface area contributed by atoms with Gasteiger partial charge in [-0.25, -0.2) is 0 Å². The molecule has 3 heteroatoms. The summed E-state index contributed by atoms with van der Waals surface area (Å²) in [7, 11) is 1.84. The van der Waals surface area contributed by atoms with Gasteiger partial charge in [-0.05, 0) is 45.5 Å². The molecule has 16 heavy (non-hydrogen) atoms.